The number of anilines is 1. The van der Waals surface area contributed by atoms with E-state index < -0.39 is 23.8 Å². The number of likely N-dealkylation sites (tertiary alicyclic amines) is 1. The Morgan fingerprint density at radius 1 is 1.16 bits per heavy atom. The molecule has 0 radical (unpaired) electrons. The molecule has 0 bridgehead atoms. The predicted molar refractivity (Wildman–Crippen MR) is 110 cm³/mol. The van der Waals surface area contributed by atoms with E-state index in [9.17, 15) is 22.8 Å². The molecular weight excluding hydrogens is 429 g/mol. The molecule has 1 aliphatic rings. The first kappa shape index (κ1) is 21.5. The van der Waals surface area contributed by atoms with Gasteiger partial charge in [-0.3, -0.25) is 9.36 Å². The lowest BCUT2D eigenvalue weighted by atomic mass is 9.89. The van der Waals surface area contributed by atoms with Crippen molar-refractivity contribution in [3.05, 3.63) is 58.6 Å². The number of halogens is 3. The Kier molecular flexibility index (Phi) is 5.41. The molecule has 0 unspecified atom stereocenters. The van der Waals surface area contributed by atoms with Crippen molar-refractivity contribution in [1.29, 1.82) is 0 Å². The van der Waals surface area contributed by atoms with E-state index in [0.717, 1.165) is 11.6 Å². The highest BCUT2D eigenvalue weighted by Crippen LogP contribution is 2.31. The van der Waals surface area contributed by atoms with Gasteiger partial charge in [-0.1, -0.05) is 6.07 Å². The third-order valence-electron chi connectivity index (χ3n) is 5.52. The molecule has 1 saturated heterocycles. The number of nitrogen functional groups attached to an aromatic ring is 1. The van der Waals surface area contributed by atoms with Crippen LogP contribution < -0.4 is 16.0 Å². The molecule has 32 heavy (non-hydrogen) atoms. The van der Waals surface area contributed by atoms with E-state index in [1.165, 1.54) is 27.9 Å². The lowest BCUT2D eigenvalue weighted by Gasteiger charge is -2.30. The number of nitrogens with two attached hydrogens (primary N) is 1. The van der Waals surface area contributed by atoms with Crippen LogP contribution in [0.2, 0.25) is 0 Å². The molecule has 11 heteroatoms. The maximum absolute atomic E-state index is 13.0. The fourth-order valence-corrected chi connectivity index (χ4v) is 3.88. The Morgan fingerprint density at radius 2 is 1.88 bits per heavy atom. The first-order valence-electron chi connectivity index (χ1n) is 9.77. The summed E-state index contributed by atoms with van der Waals surface area (Å²) in [6.07, 6.45) is -3.15. The van der Waals surface area contributed by atoms with Crippen molar-refractivity contribution in [2.45, 2.75) is 25.1 Å². The molecule has 1 fully saturated rings. The van der Waals surface area contributed by atoms with E-state index in [2.05, 4.69) is 9.72 Å². The molecular formula is C21H19F3N4O4. The second-order valence-electron chi connectivity index (χ2n) is 7.51. The summed E-state index contributed by atoms with van der Waals surface area (Å²) >= 11 is 0. The van der Waals surface area contributed by atoms with Crippen molar-refractivity contribution in [3.8, 4) is 11.4 Å². The zero-order valence-electron chi connectivity index (χ0n) is 16.7. The first-order chi connectivity index (χ1) is 15.1. The summed E-state index contributed by atoms with van der Waals surface area (Å²) in [7, 11) is 0. The zero-order chi connectivity index (χ0) is 23.0. The summed E-state index contributed by atoms with van der Waals surface area (Å²) < 4.78 is 42.3. The summed E-state index contributed by atoms with van der Waals surface area (Å²) in [6.45, 7) is 0.894. The first-order valence-corrected chi connectivity index (χ1v) is 9.77. The summed E-state index contributed by atoms with van der Waals surface area (Å²) in [4.78, 5) is 29.7. The second kappa shape index (κ2) is 8.06. The zero-order valence-corrected chi connectivity index (χ0v) is 16.7. The maximum atomic E-state index is 13.0. The van der Waals surface area contributed by atoms with Crippen LogP contribution in [-0.2, 0) is 0 Å². The minimum atomic E-state index is -4.88. The van der Waals surface area contributed by atoms with Gasteiger partial charge in [0.15, 0.2) is 5.75 Å². The molecule has 0 spiro atoms. The lowest BCUT2D eigenvalue weighted by molar-refractivity contribution is -0.274. The molecule has 2 aromatic carbocycles. The van der Waals surface area contributed by atoms with Gasteiger partial charge in [0.2, 0.25) is 0 Å². The van der Waals surface area contributed by atoms with Crippen LogP contribution in [0.1, 0.15) is 24.3 Å². The molecule has 0 aliphatic carbocycles. The van der Waals surface area contributed by atoms with E-state index in [4.69, 9.17) is 10.8 Å². The minimum Gasteiger partial charge on any atom is -0.465 e. The van der Waals surface area contributed by atoms with Crippen molar-refractivity contribution in [3.63, 3.8) is 0 Å². The summed E-state index contributed by atoms with van der Waals surface area (Å²) in [5.41, 5.74) is 6.70. The number of hydrogen-bond donors (Lipinski definition) is 2. The number of fused-ring (bicyclic) bond motifs is 1. The van der Waals surface area contributed by atoms with E-state index in [1.807, 2.05) is 12.1 Å². The lowest BCUT2D eigenvalue weighted by Crippen LogP contribution is -2.36. The molecule has 3 aromatic rings. The number of benzene rings is 2. The van der Waals surface area contributed by atoms with Gasteiger partial charge < -0.3 is 20.5 Å². The highest BCUT2D eigenvalue weighted by molar-refractivity contribution is 5.78. The molecule has 3 N–H and O–H groups in total. The van der Waals surface area contributed by atoms with Crippen molar-refractivity contribution in [1.82, 2.24) is 14.5 Å². The third-order valence-corrected chi connectivity index (χ3v) is 5.52. The van der Waals surface area contributed by atoms with Crippen molar-refractivity contribution in [2.24, 2.45) is 0 Å². The van der Waals surface area contributed by atoms with Gasteiger partial charge in [0.1, 0.15) is 6.33 Å². The highest BCUT2D eigenvalue weighted by atomic mass is 19.4. The van der Waals surface area contributed by atoms with Crippen LogP contribution in [0.5, 0.6) is 5.75 Å². The molecule has 4 rings (SSSR count). The minimum absolute atomic E-state index is 0.167. The SMILES string of the molecule is Nc1cc(-n2cnc3cc(C4CCN(C(=O)O)CC4)ccc3c2=O)ccc1OC(F)(F)F. The van der Waals surface area contributed by atoms with Crippen LogP contribution in [-0.4, -0.2) is 45.1 Å². The van der Waals surface area contributed by atoms with Crippen LogP contribution in [0.4, 0.5) is 23.7 Å². The predicted octanol–water partition coefficient (Wildman–Crippen LogP) is 3.72. The third kappa shape index (κ3) is 4.32. The van der Waals surface area contributed by atoms with Crippen LogP contribution in [0.25, 0.3) is 16.6 Å². The number of hydrogen-bond acceptors (Lipinski definition) is 5. The van der Waals surface area contributed by atoms with E-state index in [0.29, 0.717) is 36.8 Å². The number of aromatic nitrogens is 2. The molecule has 1 aliphatic heterocycles. The monoisotopic (exact) mass is 448 g/mol. The number of amides is 1. The number of piperidine rings is 1. The summed E-state index contributed by atoms with van der Waals surface area (Å²) in [5.74, 6) is -0.387. The van der Waals surface area contributed by atoms with Crippen LogP contribution >= 0.6 is 0 Å². The van der Waals surface area contributed by atoms with Gasteiger partial charge in [-0.2, -0.15) is 0 Å². The molecule has 0 saturated carbocycles. The number of alkyl halides is 3. The van der Waals surface area contributed by atoms with E-state index in [-0.39, 0.29) is 17.3 Å². The summed E-state index contributed by atoms with van der Waals surface area (Å²) in [5, 5.41) is 9.42. The normalized spacial score (nSPS) is 15.2. The van der Waals surface area contributed by atoms with Gasteiger partial charge in [0, 0.05) is 13.1 Å². The van der Waals surface area contributed by atoms with Crippen molar-refractivity contribution in [2.75, 3.05) is 18.8 Å². The van der Waals surface area contributed by atoms with Gasteiger partial charge >= 0.3 is 12.5 Å². The van der Waals surface area contributed by atoms with Crippen LogP contribution in [0, 0.1) is 0 Å². The quantitative estimate of drug-likeness (QED) is 0.591. The number of carboxylic acid groups (broad SMARTS) is 1. The van der Waals surface area contributed by atoms with Crippen molar-refractivity contribution >= 4 is 22.7 Å². The Hall–Kier alpha value is -3.76. The van der Waals surface area contributed by atoms with E-state index >= 15 is 0 Å². The average molecular weight is 448 g/mol. The number of nitrogens with zero attached hydrogens (tertiary/aromatic N) is 3. The van der Waals surface area contributed by atoms with Gasteiger partial charge in [0.25, 0.3) is 5.56 Å². The van der Waals surface area contributed by atoms with Gasteiger partial charge in [-0.25, -0.2) is 9.78 Å². The Balaban J connectivity index is 1.61. The molecule has 0 atom stereocenters. The molecule has 1 amide bonds. The number of carbonyl (C=O) groups is 1. The Morgan fingerprint density at radius 3 is 2.50 bits per heavy atom. The largest absolute Gasteiger partial charge is 0.573 e. The van der Waals surface area contributed by atoms with Gasteiger partial charge in [0.05, 0.1) is 22.3 Å². The number of rotatable bonds is 3. The average Bonchev–Trinajstić information content (AvgIpc) is 2.74. The van der Waals surface area contributed by atoms with Gasteiger partial charge in [-0.05, 0) is 54.7 Å². The van der Waals surface area contributed by atoms with Crippen molar-refractivity contribution < 1.29 is 27.8 Å². The fourth-order valence-electron chi connectivity index (χ4n) is 3.88. The smallest absolute Gasteiger partial charge is 0.465 e. The molecule has 168 valence electrons. The van der Waals surface area contributed by atoms with Crippen LogP contribution in [0.15, 0.2) is 47.5 Å². The second-order valence-corrected chi connectivity index (χ2v) is 7.51. The van der Waals surface area contributed by atoms with E-state index in [1.54, 1.807) is 6.07 Å². The summed E-state index contributed by atoms with van der Waals surface area (Å²) in [6, 6.07) is 8.84. The Labute approximate surface area is 179 Å². The maximum Gasteiger partial charge on any atom is 0.573 e. The highest BCUT2D eigenvalue weighted by Gasteiger charge is 2.32. The molecule has 8 nitrogen and oxygen atoms in total. The van der Waals surface area contributed by atoms with Gasteiger partial charge in [-0.15, -0.1) is 13.2 Å². The molecule has 2 heterocycles. The molecule has 1 aromatic heterocycles. The topological polar surface area (TPSA) is 111 Å². The fraction of sp³-hybridized carbons (Fsp3) is 0.286. The number of ether oxygens (including phenoxy) is 1. The van der Waals surface area contributed by atoms with Crippen LogP contribution in [0.3, 0.4) is 0 Å². The Bertz CT molecular complexity index is 1230. The standard InChI is InChI=1S/C21H19F3N4O4/c22-21(23,24)32-18-4-2-14(10-16(18)25)28-11-26-17-9-13(1-3-15(17)19(28)29)12-5-7-27(8-6-12)20(30)31/h1-4,9-12H,5-8,25H2,(H,30,31).